The van der Waals surface area contributed by atoms with Crippen molar-refractivity contribution in [3.63, 3.8) is 0 Å². The highest BCUT2D eigenvalue weighted by atomic mass is 127. The van der Waals surface area contributed by atoms with Gasteiger partial charge in [0.25, 0.3) is 0 Å². The van der Waals surface area contributed by atoms with Crippen molar-refractivity contribution >= 4 is 35.8 Å². The van der Waals surface area contributed by atoms with Crippen LogP contribution in [-0.4, -0.2) is 28.9 Å². The molecular formula is C17H27IN4O. The van der Waals surface area contributed by atoms with E-state index in [1.54, 1.807) is 0 Å². The zero-order valence-corrected chi connectivity index (χ0v) is 16.5. The summed E-state index contributed by atoms with van der Waals surface area (Å²) < 4.78 is 0. The van der Waals surface area contributed by atoms with E-state index in [4.69, 9.17) is 5.73 Å². The molecule has 1 aromatic carbocycles. The fraction of sp³-hybridized carbons (Fsp3) is 0.529. The quantitative estimate of drug-likeness (QED) is 0.439. The minimum absolute atomic E-state index is 0. The fourth-order valence-corrected chi connectivity index (χ4v) is 2.54. The van der Waals surface area contributed by atoms with Gasteiger partial charge >= 0.3 is 0 Å². The Kier molecular flexibility index (Phi) is 7.31. The third-order valence-electron chi connectivity index (χ3n) is 3.57. The minimum atomic E-state index is -0.102. The molecule has 0 unspecified atom stereocenters. The average Bonchev–Trinajstić information content (AvgIpc) is 2.81. The van der Waals surface area contributed by atoms with Crippen LogP contribution in [0.4, 0.5) is 0 Å². The first-order chi connectivity index (χ1) is 10.3. The number of rotatable bonds is 4. The van der Waals surface area contributed by atoms with E-state index in [0.29, 0.717) is 25.5 Å². The summed E-state index contributed by atoms with van der Waals surface area (Å²) in [6, 6.07) is 8.10. The van der Waals surface area contributed by atoms with Crippen LogP contribution in [0.5, 0.6) is 0 Å². The Balaban J connectivity index is 0.00000264. The number of benzene rings is 1. The van der Waals surface area contributed by atoms with Crippen molar-refractivity contribution in [3.05, 3.63) is 35.4 Å². The molecule has 5 nitrogen and oxygen atoms in total. The number of aliphatic imine (C=N–C) groups is 1. The zero-order valence-electron chi connectivity index (χ0n) is 14.1. The van der Waals surface area contributed by atoms with Gasteiger partial charge in [0.1, 0.15) is 0 Å². The molecule has 1 amide bonds. The third-order valence-corrected chi connectivity index (χ3v) is 3.57. The Bertz CT molecular complexity index is 566. The Morgan fingerprint density at radius 3 is 2.52 bits per heavy atom. The van der Waals surface area contributed by atoms with Gasteiger partial charge in [0, 0.05) is 25.0 Å². The summed E-state index contributed by atoms with van der Waals surface area (Å²) in [4.78, 5) is 18.1. The SMILES string of the molecule is CC(C)(C)NC(N)=NCc1ccccc1CN1CCCC1=O.I. The molecule has 0 atom stereocenters. The van der Waals surface area contributed by atoms with Gasteiger partial charge in [0.2, 0.25) is 5.91 Å². The highest BCUT2D eigenvalue weighted by Crippen LogP contribution is 2.17. The lowest BCUT2D eigenvalue weighted by Crippen LogP contribution is -2.45. The molecule has 0 bridgehead atoms. The van der Waals surface area contributed by atoms with Crippen LogP contribution in [-0.2, 0) is 17.9 Å². The summed E-state index contributed by atoms with van der Waals surface area (Å²) in [7, 11) is 0. The van der Waals surface area contributed by atoms with E-state index in [2.05, 4.69) is 16.4 Å². The Morgan fingerprint density at radius 1 is 1.30 bits per heavy atom. The lowest BCUT2D eigenvalue weighted by Gasteiger charge is -2.21. The van der Waals surface area contributed by atoms with Gasteiger partial charge in [-0.15, -0.1) is 24.0 Å². The van der Waals surface area contributed by atoms with Crippen molar-refractivity contribution in [2.75, 3.05) is 6.54 Å². The van der Waals surface area contributed by atoms with E-state index in [-0.39, 0.29) is 35.4 Å². The molecule has 1 saturated heterocycles. The lowest BCUT2D eigenvalue weighted by molar-refractivity contribution is -0.128. The van der Waals surface area contributed by atoms with Gasteiger partial charge in [-0.25, -0.2) is 4.99 Å². The number of hydrogen-bond acceptors (Lipinski definition) is 2. The third kappa shape index (κ3) is 6.37. The molecule has 0 spiro atoms. The van der Waals surface area contributed by atoms with E-state index >= 15 is 0 Å². The fourth-order valence-electron chi connectivity index (χ4n) is 2.54. The van der Waals surface area contributed by atoms with Crippen LogP contribution in [0, 0.1) is 0 Å². The van der Waals surface area contributed by atoms with Crippen LogP contribution < -0.4 is 11.1 Å². The summed E-state index contributed by atoms with van der Waals surface area (Å²) in [5.74, 6) is 0.687. The smallest absolute Gasteiger partial charge is 0.222 e. The number of carbonyl (C=O) groups is 1. The van der Waals surface area contributed by atoms with Gasteiger partial charge in [0.15, 0.2) is 5.96 Å². The number of amides is 1. The van der Waals surface area contributed by atoms with Crippen molar-refractivity contribution < 1.29 is 4.79 Å². The standard InChI is InChI=1S/C17H26N4O.HI/c1-17(2,3)20-16(18)19-11-13-7-4-5-8-14(13)12-21-10-6-9-15(21)22;/h4-5,7-8H,6,9-12H2,1-3H3,(H3,18,19,20);1H. The Hall–Kier alpha value is -1.31. The van der Waals surface area contributed by atoms with Crippen LogP contribution >= 0.6 is 24.0 Å². The van der Waals surface area contributed by atoms with Gasteiger partial charge in [-0.05, 0) is 38.3 Å². The number of nitrogens with two attached hydrogens (primary N) is 1. The van der Waals surface area contributed by atoms with E-state index in [1.165, 1.54) is 0 Å². The number of carbonyl (C=O) groups excluding carboxylic acids is 1. The number of likely N-dealkylation sites (tertiary alicyclic amines) is 1. The Morgan fingerprint density at radius 2 is 1.96 bits per heavy atom. The molecule has 1 heterocycles. The van der Waals surface area contributed by atoms with Crippen molar-refractivity contribution in [2.45, 2.75) is 52.2 Å². The second-order valence-corrected chi connectivity index (χ2v) is 6.76. The predicted octanol–water partition coefficient (Wildman–Crippen LogP) is 2.63. The van der Waals surface area contributed by atoms with E-state index in [1.807, 2.05) is 43.9 Å². The van der Waals surface area contributed by atoms with Crippen LogP contribution in [0.1, 0.15) is 44.7 Å². The second kappa shape index (κ2) is 8.52. The normalized spacial score (nSPS) is 15.5. The molecule has 0 radical (unpaired) electrons. The highest BCUT2D eigenvalue weighted by molar-refractivity contribution is 14.0. The topological polar surface area (TPSA) is 70.7 Å². The van der Waals surface area contributed by atoms with Crippen molar-refractivity contribution in [1.82, 2.24) is 10.2 Å². The molecule has 1 aliphatic heterocycles. The van der Waals surface area contributed by atoms with E-state index in [9.17, 15) is 4.79 Å². The zero-order chi connectivity index (χ0) is 16.2. The molecule has 1 fully saturated rings. The predicted molar refractivity (Wildman–Crippen MR) is 105 cm³/mol. The molecule has 0 saturated carbocycles. The van der Waals surface area contributed by atoms with Gasteiger partial charge in [-0.1, -0.05) is 24.3 Å². The molecule has 0 aromatic heterocycles. The first kappa shape index (κ1) is 19.7. The number of halogens is 1. The van der Waals surface area contributed by atoms with Crippen molar-refractivity contribution in [3.8, 4) is 0 Å². The van der Waals surface area contributed by atoms with Gasteiger partial charge in [-0.2, -0.15) is 0 Å². The summed E-state index contributed by atoms with van der Waals surface area (Å²) in [5.41, 5.74) is 8.07. The molecule has 1 aliphatic rings. The summed E-state index contributed by atoms with van der Waals surface area (Å²) in [6.45, 7) is 8.17. The number of nitrogens with one attached hydrogen (secondary N) is 1. The molecule has 1 aromatic rings. The van der Waals surface area contributed by atoms with Crippen molar-refractivity contribution in [1.29, 1.82) is 0 Å². The largest absolute Gasteiger partial charge is 0.370 e. The van der Waals surface area contributed by atoms with Gasteiger partial charge in [-0.3, -0.25) is 4.79 Å². The molecule has 2 rings (SSSR count). The number of nitrogens with zero attached hydrogens (tertiary/aromatic N) is 2. The van der Waals surface area contributed by atoms with Crippen LogP contribution in [0.2, 0.25) is 0 Å². The average molecular weight is 430 g/mol. The van der Waals surface area contributed by atoms with Crippen LogP contribution in [0.25, 0.3) is 0 Å². The summed E-state index contributed by atoms with van der Waals surface area (Å²) in [6.07, 6.45) is 1.63. The van der Waals surface area contributed by atoms with Crippen LogP contribution in [0.3, 0.4) is 0 Å². The first-order valence-corrected chi connectivity index (χ1v) is 7.78. The van der Waals surface area contributed by atoms with E-state index in [0.717, 1.165) is 24.1 Å². The molecule has 6 heteroatoms. The Labute approximate surface area is 155 Å². The molecule has 0 aliphatic carbocycles. The van der Waals surface area contributed by atoms with Crippen molar-refractivity contribution in [2.24, 2.45) is 10.7 Å². The maximum absolute atomic E-state index is 11.8. The number of guanidine groups is 1. The monoisotopic (exact) mass is 430 g/mol. The molecular weight excluding hydrogens is 403 g/mol. The molecule has 23 heavy (non-hydrogen) atoms. The molecule has 128 valence electrons. The van der Waals surface area contributed by atoms with Gasteiger partial charge < -0.3 is 16.0 Å². The maximum atomic E-state index is 11.8. The second-order valence-electron chi connectivity index (χ2n) is 6.76. The lowest BCUT2D eigenvalue weighted by atomic mass is 10.1. The summed E-state index contributed by atoms with van der Waals surface area (Å²) >= 11 is 0. The van der Waals surface area contributed by atoms with Gasteiger partial charge in [0.05, 0.1) is 6.54 Å². The highest BCUT2D eigenvalue weighted by Gasteiger charge is 2.20. The van der Waals surface area contributed by atoms with Crippen LogP contribution in [0.15, 0.2) is 29.3 Å². The first-order valence-electron chi connectivity index (χ1n) is 7.78. The maximum Gasteiger partial charge on any atom is 0.222 e. The van der Waals surface area contributed by atoms with E-state index < -0.39 is 0 Å². The minimum Gasteiger partial charge on any atom is -0.370 e. The summed E-state index contributed by atoms with van der Waals surface area (Å²) in [5, 5.41) is 3.15. The molecule has 3 N–H and O–H groups in total. The number of hydrogen-bond donors (Lipinski definition) is 2.